The molecule has 0 spiro atoms. The molecule has 0 aromatic heterocycles. The third-order valence-corrected chi connectivity index (χ3v) is 5.40. The fourth-order valence-corrected chi connectivity index (χ4v) is 3.37. The molecule has 0 rings (SSSR count). The molecular weight excluding hydrogens is 490 g/mol. The second-order valence-electron chi connectivity index (χ2n) is 8.20. The fourth-order valence-electron chi connectivity index (χ4n) is 3.37. The Balaban J connectivity index is 4.87. The number of hydrogen-bond donors (Lipinski definition) is 5. The third-order valence-electron chi connectivity index (χ3n) is 5.40. The summed E-state index contributed by atoms with van der Waals surface area (Å²) in [7, 11) is 0. The Hall–Kier alpha value is -0.520. The first kappa shape index (κ1) is 36.5. The number of aliphatic hydroxyl groups excluding tert-OH is 5. The van der Waals surface area contributed by atoms with Crippen LogP contribution in [0.1, 0.15) is 0 Å². The lowest BCUT2D eigenvalue weighted by molar-refractivity contribution is 0.0370. The van der Waals surface area contributed by atoms with E-state index >= 15 is 0 Å². The standard InChI is InChI=1S/C24H53N3O10/c28-10-20-33-15-5-25(1-3-26(6-16-34-21-11-29)7-17-35-22-12-30)2-4-27(8-18-36-23-13-31)9-19-37-24-14-32/h28-32H,1-24H2. The van der Waals surface area contributed by atoms with E-state index in [0.29, 0.717) is 98.8 Å². The molecule has 13 heteroatoms. The highest BCUT2D eigenvalue weighted by atomic mass is 16.5. The first-order chi connectivity index (χ1) is 18.2. The Kier molecular flexibility index (Phi) is 29.6. The highest BCUT2D eigenvalue weighted by Crippen LogP contribution is 1.98. The molecule has 0 unspecified atom stereocenters. The van der Waals surface area contributed by atoms with Gasteiger partial charge in [0, 0.05) is 58.9 Å². The number of aliphatic hydroxyl groups is 5. The van der Waals surface area contributed by atoms with Crippen LogP contribution in [0.5, 0.6) is 0 Å². The Morgan fingerprint density at radius 2 is 0.459 bits per heavy atom. The summed E-state index contributed by atoms with van der Waals surface area (Å²) >= 11 is 0. The molecule has 0 saturated carbocycles. The molecule has 0 aliphatic carbocycles. The maximum atomic E-state index is 9.00. The van der Waals surface area contributed by atoms with Crippen molar-refractivity contribution in [1.82, 2.24) is 14.7 Å². The van der Waals surface area contributed by atoms with Crippen molar-refractivity contribution in [2.24, 2.45) is 0 Å². The van der Waals surface area contributed by atoms with Gasteiger partial charge in [-0.05, 0) is 0 Å². The van der Waals surface area contributed by atoms with Crippen LogP contribution in [0, 0.1) is 0 Å². The van der Waals surface area contributed by atoms with E-state index < -0.39 is 0 Å². The third kappa shape index (κ3) is 25.5. The molecule has 0 fully saturated rings. The van der Waals surface area contributed by atoms with Gasteiger partial charge in [0.25, 0.3) is 0 Å². The zero-order valence-electron chi connectivity index (χ0n) is 22.6. The second kappa shape index (κ2) is 30.0. The summed E-state index contributed by atoms with van der Waals surface area (Å²) in [4.78, 5) is 6.78. The maximum absolute atomic E-state index is 9.00. The summed E-state index contributed by atoms with van der Waals surface area (Å²) in [6.45, 7) is 10.7. The number of rotatable bonds is 31. The highest BCUT2D eigenvalue weighted by Gasteiger charge is 2.13. The quantitative estimate of drug-likeness (QED) is 0.0562. The van der Waals surface area contributed by atoms with E-state index in [9.17, 15) is 0 Å². The van der Waals surface area contributed by atoms with Gasteiger partial charge in [-0.25, -0.2) is 0 Å². The SMILES string of the molecule is OCCOCCN(CCOCCO)CCN(CCOCCO)CCN(CCOCCO)CCOCCO. The van der Waals surface area contributed by atoms with E-state index in [4.69, 9.17) is 49.2 Å². The molecule has 5 N–H and O–H groups in total. The molecule has 0 aromatic rings. The lowest BCUT2D eigenvalue weighted by Crippen LogP contribution is -2.43. The minimum atomic E-state index is -0.00901. The van der Waals surface area contributed by atoms with Gasteiger partial charge in [-0.2, -0.15) is 0 Å². The van der Waals surface area contributed by atoms with Crippen molar-refractivity contribution in [3.8, 4) is 0 Å². The van der Waals surface area contributed by atoms with Crippen molar-refractivity contribution in [1.29, 1.82) is 0 Å². The Labute approximate surface area is 222 Å². The van der Waals surface area contributed by atoms with Crippen LogP contribution in [0.15, 0.2) is 0 Å². The summed E-state index contributed by atoms with van der Waals surface area (Å²) in [5, 5.41) is 44.7. The van der Waals surface area contributed by atoms with Crippen LogP contribution >= 0.6 is 0 Å². The number of ether oxygens (including phenoxy) is 5. The van der Waals surface area contributed by atoms with Crippen LogP contribution in [0.2, 0.25) is 0 Å². The smallest absolute Gasteiger partial charge is 0.0698 e. The Bertz CT molecular complexity index is 388. The van der Waals surface area contributed by atoms with E-state index in [1.54, 1.807) is 0 Å². The lowest BCUT2D eigenvalue weighted by Gasteiger charge is -2.30. The van der Waals surface area contributed by atoms with E-state index in [-0.39, 0.29) is 33.0 Å². The Morgan fingerprint density at radius 1 is 0.270 bits per heavy atom. The van der Waals surface area contributed by atoms with E-state index in [1.165, 1.54) is 0 Å². The molecule has 224 valence electrons. The predicted molar refractivity (Wildman–Crippen MR) is 139 cm³/mol. The van der Waals surface area contributed by atoms with Gasteiger partial charge in [0.2, 0.25) is 0 Å². The maximum Gasteiger partial charge on any atom is 0.0698 e. The largest absolute Gasteiger partial charge is 0.394 e. The summed E-state index contributed by atoms with van der Waals surface area (Å²) in [6, 6.07) is 0. The minimum absolute atomic E-state index is 0.00614. The second-order valence-corrected chi connectivity index (χ2v) is 8.20. The molecule has 0 radical (unpaired) electrons. The van der Waals surface area contributed by atoms with Crippen molar-refractivity contribution < 1.29 is 49.2 Å². The minimum Gasteiger partial charge on any atom is -0.394 e. The van der Waals surface area contributed by atoms with Gasteiger partial charge in [0.15, 0.2) is 0 Å². The number of nitrogens with zero attached hydrogens (tertiary/aromatic N) is 3. The predicted octanol–water partition coefficient (Wildman–Crippen LogP) is -3.06. The van der Waals surface area contributed by atoms with Gasteiger partial charge in [-0.3, -0.25) is 14.7 Å². The van der Waals surface area contributed by atoms with Crippen LogP contribution in [0.4, 0.5) is 0 Å². The van der Waals surface area contributed by atoms with Crippen LogP contribution in [0.3, 0.4) is 0 Å². The van der Waals surface area contributed by atoms with Crippen molar-refractivity contribution in [3.63, 3.8) is 0 Å². The van der Waals surface area contributed by atoms with Gasteiger partial charge in [-0.15, -0.1) is 0 Å². The zero-order chi connectivity index (χ0) is 27.2. The van der Waals surface area contributed by atoms with Gasteiger partial charge >= 0.3 is 0 Å². The van der Waals surface area contributed by atoms with Gasteiger partial charge < -0.3 is 49.2 Å². The molecule has 0 aliphatic rings. The zero-order valence-corrected chi connectivity index (χ0v) is 22.6. The fraction of sp³-hybridized carbons (Fsp3) is 1.00. The summed E-state index contributed by atoms with van der Waals surface area (Å²) in [5.74, 6) is 0. The van der Waals surface area contributed by atoms with Gasteiger partial charge in [0.05, 0.1) is 99.1 Å². The molecular formula is C24H53N3O10. The molecule has 13 nitrogen and oxygen atoms in total. The summed E-state index contributed by atoms with van der Waals surface area (Å²) in [5.41, 5.74) is 0. The topological polar surface area (TPSA) is 157 Å². The lowest BCUT2D eigenvalue weighted by atomic mass is 10.3. The van der Waals surface area contributed by atoms with Crippen LogP contribution < -0.4 is 0 Å². The molecule has 0 saturated heterocycles. The first-order valence-electron chi connectivity index (χ1n) is 13.3. The van der Waals surface area contributed by atoms with Crippen molar-refractivity contribution in [2.75, 3.05) is 158 Å². The van der Waals surface area contributed by atoms with Crippen molar-refractivity contribution in [2.45, 2.75) is 0 Å². The average Bonchev–Trinajstić information content (AvgIpc) is 2.91. The summed E-state index contributed by atoms with van der Waals surface area (Å²) in [6.07, 6.45) is 0. The van der Waals surface area contributed by atoms with Crippen molar-refractivity contribution >= 4 is 0 Å². The van der Waals surface area contributed by atoms with Gasteiger partial charge in [-0.1, -0.05) is 0 Å². The molecule has 0 heterocycles. The van der Waals surface area contributed by atoms with Gasteiger partial charge in [0.1, 0.15) is 0 Å². The van der Waals surface area contributed by atoms with Crippen LogP contribution in [-0.4, -0.2) is 198 Å². The normalized spacial score (nSPS) is 12.0. The van der Waals surface area contributed by atoms with Crippen molar-refractivity contribution in [3.05, 3.63) is 0 Å². The monoisotopic (exact) mass is 543 g/mol. The molecule has 0 aliphatic heterocycles. The van der Waals surface area contributed by atoms with E-state index in [2.05, 4.69) is 14.7 Å². The first-order valence-corrected chi connectivity index (χ1v) is 13.3. The van der Waals surface area contributed by atoms with E-state index in [1.807, 2.05) is 0 Å². The van der Waals surface area contributed by atoms with Crippen LogP contribution in [-0.2, 0) is 23.7 Å². The molecule has 0 amide bonds. The summed E-state index contributed by atoms with van der Waals surface area (Å²) < 4.78 is 27.2. The van der Waals surface area contributed by atoms with E-state index in [0.717, 1.165) is 26.2 Å². The molecule has 37 heavy (non-hydrogen) atoms. The molecule has 0 bridgehead atoms. The Morgan fingerprint density at radius 3 is 0.649 bits per heavy atom. The molecule has 0 atom stereocenters. The number of hydrogen-bond acceptors (Lipinski definition) is 13. The highest BCUT2D eigenvalue weighted by molar-refractivity contribution is 4.67. The average molecular weight is 544 g/mol. The molecule has 0 aromatic carbocycles. The van der Waals surface area contributed by atoms with Crippen LogP contribution in [0.25, 0.3) is 0 Å².